The van der Waals surface area contributed by atoms with Crippen molar-refractivity contribution in [1.29, 1.82) is 0 Å². The highest BCUT2D eigenvalue weighted by Gasteiger charge is 2.58. The van der Waals surface area contributed by atoms with Crippen molar-refractivity contribution in [2.45, 2.75) is 38.6 Å². The van der Waals surface area contributed by atoms with Crippen LogP contribution in [0.5, 0.6) is 0 Å². The first-order chi connectivity index (χ1) is 10.1. The quantitative estimate of drug-likeness (QED) is 0.920. The molecule has 2 atom stereocenters. The van der Waals surface area contributed by atoms with Crippen LogP contribution >= 0.6 is 11.6 Å². The van der Waals surface area contributed by atoms with Gasteiger partial charge in [-0.25, -0.2) is 0 Å². The summed E-state index contributed by atoms with van der Waals surface area (Å²) in [6.07, 6.45) is 3.97. The number of hydrogen-bond acceptors (Lipinski definition) is 2. The second kappa shape index (κ2) is 5.98. The van der Waals surface area contributed by atoms with Crippen LogP contribution < -0.4 is 5.32 Å². The molecule has 1 N–H and O–H groups in total. The van der Waals surface area contributed by atoms with Crippen molar-refractivity contribution >= 4 is 17.5 Å². The van der Waals surface area contributed by atoms with Crippen LogP contribution in [0.25, 0.3) is 0 Å². The number of amides is 1. The number of carbonyl (C=O) groups is 1. The molecule has 1 aromatic rings. The maximum atomic E-state index is 12.5. The molecule has 1 aromatic carbocycles. The average Bonchev–Trinajstić information content (AvgIpc) is 3.20. The minimum atomic E-state index is 0.0762. The molecule has 1 aliphatic carbocycles. The van der Waals surface area contributed by atoms with Gasteiger partial charge in [0.25, 0.3) is 0 Å². The number of rotatable bonds is 4. The molecule has 0 aromatic heterocycles. The predicted octanol–water partition coefficient (Wildman–Crippen LogP) is 3.72. The van der Waals surface area contributed by atoms with Gasteiger partial charge in [-0.1, -0.05) is 30.7 Å². The number of halogens is 1. The van der Waals surface area contributed by atoms with Gasteiger partial charge in [0.2, 0.25) is 5.91 Å². The molecule has 1 amide bonds. The fourth-order valence-electron chi connectivity index (χ4n) is 3.44. The summed E-state index contributed by atoms with van der Waals surface area (Å²) in [6.45, 7) is 3.70. The van der Waals surface area contributed by atoms with E-state index in [0.29, 0.717) is 0 Å². The molecule has 1 saturated heterocycles. The Labute approximate surface area is 131 Å². The van der Waals surface area contributed by atoms with Crippen LogP contribution in [0.4, 0.5) is 0 Å². The smallest absolute Gasteiger partial charge is 0.224 e. The molecule has 1 spiro atoms. The number of hydrogen-bond donors (Lipinski definition) is 1. The molecule has 3 nitrogen and oxygen atoms in total. The Kier molecular flexibility index (Phi) is 4.23. The largest absolute Gasteiger partial charge is 0.381 e. The van der Waals surface area contributed by atoms with E-state index in [-0.39, 0.29) is 23.3 Å². The van der Waals surface area contributed by atoms with E-state index in [2.05, 4.69) is 12.2 Å². The van der Waals surface area contributed by atoms with Crippen molar-refractivity contribution < 1.29 is 9.53 Å². The third kappa shape index (κ3) is 3.09. The van der Waals surface area contributed by atoms with Gasteiger partial charge < -0.3 is 10.1 Å². The van der Waals surface area contributed by atoms with Crippen LogP contribution in [0, 0.1) is 11.3 Å². The van der Waals surface area contributed by atoms with Gasteiger partial charge in [-0.05, 0) is 48.8 Å². The lowest BCUT2D eigenvalue weighted by Gasteiger charge is -2.24. The minimum absolute atomic E-state index is 0.0762. The lowest BCUT2D eigenvalue weighted by molar-refractivity contribution is -0.124. The van der Waals surface area contributed by atoms with E-state index in [9.17, 15) is 4.79 Å². The Balaban J connectivity index is 1.62. The summed E-state index contributed by atoms with van der Waals surface area (Å²) in [5.74, 6) is 0.390. The van der Waals surface area contributed by atoms with E-state index in [1.54, 1.807) is 0 Å². The van der Waals surface area contributed by atoms with Crippen LogP contribution in [-0.4, -0.2) is 19.1 Å². The molecule has 2 fully saturated rings. The molecular weight excluding hydrogens is 286 g/mol. The molecule has 2 aliphatic rings. The second-order valence-electron chi connectivity index (χ2n) is 6.25. The van der Waals surface area contributed by atoms with Crippen LogP contribution in [-0.2, 0) is 9.53 Å². The highest BCUT2D eigenvalue weighted by molar-refractivity contribution is 6.30. The standard InChI is InChI=1S/C17H22ClNO2/c1-2-15(12-3-5-13(18)6-4-12)19-16(20)14-11-17(14)7-9-21-10-8-17/h3-6,14-15H,2,7-11H2,1H3,(H,19,20)/t14-,15+/m1/s1. The van der Waals surface area contributed by atoms with Crippen LogP contribution in [0.15, 0.2) is 24.3 Å². The van der Waals surface area contributed by atoms with Crippen LogP contribution in [0.2, 0.25) is 5.02 Å². The van der Waals surface area contributed by atoms with E-state index in [4.69, 9.17) is 16.3 Å². The van der Waals surface area contributed by atoms with Gasteiger partial charge in [-0.2, -0.15) is 0 Å². The van der Waals surface area contributed by atoms with Gasteiger partial charge in [0, 0.05) is 24.2 Å². The Bertz CT molecular complexity index is 508. The molecule has 0 radical (unpaired) electrons. The van der Waals surface area contributed by atoms with Gasteiger partial charge >= 0.3 is 0 Å². The second-order valence-corrected chi connectivity index (χ2v) is 6.69. The third-order valence-corrected chi connectivity index (χ3v) is 5.24. The zero-order chi connectivity index (χ0) is 14.9. The number of benzene rings is 1. The molecular formula is C17H22ClNO2. The Morgan fingerprint density at radius 1 is 1.38 bits per heavy atom. The summed E-state index contributed by atoms with van der Waals surface area (Å²) in [5.41, 5.74) is 1.36. The van der Waals surface area contributed by atoms with Crippen LogP contribution in [0.3, 0.4) is 0 Å². The fourth-order valence-corrected chi connectivity index (χ4v) is 3.56. The molecule has 1 heterocycles. The van der Waals surface area contributed by atoms with Crippen molar-refractivity contribution in [3.8, 4) is 0 Å². The van der Waals surface area contributed by atoms with Crippen molar-refractivity contribution in [1.82, 2.24) is 5.32 Å². The Hall–Kier alpha value is -1.06. The first-order valence-corrected chi connectivity index (χ1v) is 8.16. The first kappa shape index (κ1) is 14.9. The number of carbonyl (C=O) groups excluding carboxylic acids is 1. The van der Waals surface area contributed by atoms with Crippen molar-refractivity contribution in [3.05, 3.63) is 34.9 Å². The maximum absolute atomic E-state index is 12.5. The molecule has 0 bridgehead atoms. The van der Waals surface area contributed by atoms with E-state index in [0.717, 1.165) is 49.5 Å². The zero-order valence-electron chi connectivity index (χ0n) is 12.4. The normalized spacial score (nSPS) is 24.6. The molecule has 114 valence electrons. The van der Waals surface area contributed by atoms with Gasteiger partial charge in [-0.3, -0.25) is 4.79 Å². The van der Waals surface area contributed by atoms with Crippen molar-refractivity contribution in [2.75, 3.05) is 13.2 Å². The predicted molar refractivity (Wildman–Crippen MR) is 83.2 cm³/mol. The fraction of sp³-hybridized carbons (Fsp3) is 0.588. The summed E-state index contributed by atoms with van der Waals surface area (Å²) in [7, 11) is 0. The van der Waals surface area contributed by atoms with Gasteiger partial charge in [0.15, 0.2) is 0 Å². The topological polar surface area (TPSA) is 38.3 Å². The molecule has 4 heteroatoms. The lowest BCUT2D eigenvalue weighted by Crippen LogP contribution is -2.32. The Morgan fingerprint density at radius 3 is 2.67 bits per heavy atom. The van der Waals surface area contributed by atoms with E-state index >= 15 is 0 Å². The van der Waals surface area contributed by atoms with E-state index in [1.165, 1.54) is 0 Å². The van der Waals surface area contributed by atoms with Gasteiger partial charge in [-0.15, -0.1) is 0 Å². The summed E-state index contributed by atoms with van der Waals surface area (Å²) in [6, 6.07) is 7.82. The third-order valence-electron chi connectivity index (χ3n) is 4.99. The molecule has 21 heavy (non-hydrogen) atoms. The maximum Gasteiger partial charge on any atom is 0.224 e. The van der Waals surface area contributed by atoms with Crippen LogP contribution in [0.1, 0.15) is 44.2 Å². The summed E-state index contributed by atoms with van der Waals surface area (Å²) in [4.78, 5) is 12.5. The summed E-state index contributed by atoms with van der Waals surface area (Å²) in [5, 5.41) is 3.94. The Morgan fingerprint density at radius 2 is 2.05 bits per heavy atom. The number of nitrogens with one attached hydrogen (secondary N) is 1. The monoisotopic (exact) mass is 307 g/mol. The lowest BCUT2D eigenvalue weighted by atomic mass is 9.93. The highest BCUT2D eigenvalue weighted by Crippen LogP contribution is 2.59. The van der Waals surface area contributed by atoms with Gasteiger partial charge in [0.05, 0.1) is 6.04 Å². The SMILES string of the molecule is CC[C@H](NC(=O)[C@H]1CC12CCOCC2)c1ccc(Cl)cc1. The number of ether oxygens (including phenoxy) is 1. The van der Waals surface area contributed by atoms with Gasteiger partial charge in [0.1, 0.15) is 0 Å². The van der Waals surface area contributed by atoms with Crippen molar-refractivity contribution in [2.24, 2.45) is 11.3 Å². The molecule has 1 saturated carbocycles. The van der Waals surface area contributed by atoms with E-state index < -0.39 is 0 Å². The summed E-state index contributed by atoms with van der Waals surface area (Å²) >= 11 is 5.92. The van der Waals surface area contributed by atoms with E-state index in [1.807, 2.05) is 24.3 Å². The first-order valence-electron chi connectivity index (χ1n) is 7.78. The van der Waals surface area contributed by atoms with Crippen molar-refractivity contribution in [3.63, 3.8) is 0 Å². The molecule has 1 aliphatic heterocycles. The average molecular weight is 308 g/mol. The highest BCUT2D eigenvalue weighted by atomic mass is 35.5. The minimum Gasteiger partial charge on any atom is -0.381 e. The zero-order valence-corrected chi connectivity index (χ0v) is 13.2. The molecule has 0 unspecified atom stereocenters. The summed E-state index contributed by atoms with van der Waals surface area (Å²) < 4.78 is 5.41. The molecule has 3 rings (SSSR count).